The van der Waals surface area contributed by atoms with Gasteiger partial charge in [-0.25, -0.2) is 0 Å². The standard InChI is InChI=1S/C20H16F3NOS.C20H14F3NOS.C13H11F3N2O.C12H9BrF3NO.C12H9F3INO.C12H10F3NO.C5H8N2/c2*21-20(22,23)15-7-3-2-6-13(15)19(25)24-16-10-9-14(16)18-11-12-5-1-4-8-17(12)26-18;14-13(15,16)10-5-2-1-4-9(10)11(19)18-12(8-17)6-3-7-12;13-9-5-6-10(9)17-11(18)7-3-1-2-4-8(7)12(14,15)16;13-12(14,15)8-4-2-1-3-7(8)11(18)17-10-6-5-9(10)16;13-12(14,15)10-7-2-1-6-9(10)11(17)16-8-4-3-5-8;6-4-5(7)2-1-3-5/h1-8,11,14,16H,9-10H2,(H,24,25);1-8,11H,9-10H2,(H,24,25);1-2,4-5H,3,6-7H2,(H,18,19);2*1-4H,5-6H2,(H,17,18);1-2,4,6-7H,3,5H2,(H,16,17);1-3,7H2/t14-,16+;;;;;;/m1....../s1. The van der Waals surface area contributed by atoms with Crippen LogP contribution in [0.1, 0.15) is 214 Å². The lowest BCUT2D eigenvalue weighted by Gasteiger charge is -2.36. The van der Waals surface area contributed by atoms with E-state index in [-0.39, 0.29) is 39.8 Å². The van der Waals surface area contributed by atoms with E-state index < -0.39 is 123 Å². The number of amides is 6. The molecular formula is C94H77BrF18IN9O6S2. The van der Waals surface area contributed by atoms with E-state index in [0.717, 1.165) is 146 Å². The maximum atomic E-state index is 13.1. The zero-order valence-corrected chi connectivity index (χ0v) is 73.8. The molecule has 0 aliphatic heterocycles. The summed E-state index contributed by atoms with van der Waals surface area (Å²) in [5.74, 6) is -4.20. The number of carbonyl (C=O) groups excluding carboxylic acids is 6. The van der Waals surface area contributed by atoms with Crippen LogP contribution in [0.25, 0.3) is 25.7 Å². The fourth-order valence-electron chi connectivity index (χ4n) is 13.9. The molecule has 2 atom stereocenters. The molecule has 17 rings (SSSR count). The highest BCUT2D eigenvalue weighted by molar-refractivity contribution is 14.1. The van der Waals surface area contributed by atoms with Crippen LogP contribution in [0.4, 0.5) is 79.0 Å². The van der Waals surface area contributed by atoms with Crippen molar-refractivity contribution in [2.45, 2.75) is 163 Å². The summed E-state index contributed by atoms with van der Waals surface area (Å²) in [6, 6.07) is 52.7. The van der Waals surface area contributed by atoms with E-state index in [9.17, 15) is 108 Å². The lowest BCUT2D eigenvalue weighted by atomic mass is 9.78. The Kier molecular flexibility index (Phi) is 32.2. The monoisotopic (exact) mass is 2040 g/mol. The van der Waals surface area contributed by atoms with Crippen LogP contribution in [-0.2, 0) is 37.1 Å². The quantitative estimate of drug-likeness (QED) is 0.0403. The van der Waals surface area contributed by atoms with Crippen molar-refractivity contribution in [2.24, 2.45) is 5.73 Å². The smallest absolute Gasteiger partial charge is 0.349 e. The van der Waals surface area contributed by atoms with Gasteiger partial charge in [-0.2, -0.15) is 89.6 Å². The number of nitrogens with one attached hydrogen (secondary N) is 6. The predicted octanol–water partition coefficient (Wildman–Crippen LogP) is 25.5. The molecule has 37 heteroatoms. The first-order valence-electron chi connectivity index (χ1n) is 40.4. The number of alkyl halides is 18. The number of hydrogen-bond acceptors (Lipinski definition) is 11. The van der Waals surface area contributed by atoms with Gasteiger partial charge in [0.1, 0.15) is 11.1 Å². The molecule has 686 valence electrons. The second-order valence-corrected chi connectivity index (χ2v) is 35.2. The first-order chi connectivity index (χ1) is 61.8. The van der Waals surface area contributed by atoms with Gasteiger partial charge in [-0.1, -0.05) is 131 Å². The number of rotatable bonds is 14. The van der Waals surface area contributed by atoms with Crippen molar-refractivity contribution in [1.29, 1.82) is 10.5 Å². The number of nitrogens with zero attached hydrogens (tertiary/aromatic N) is 2. The van der Waals surface area contributed by atoms with Crippen LogP contribution in [0.5, 0.6) is 0 Å². The highest BCUT2D eigenvalue weighted by Crippen LogP contribution is 2.46. The summed E-state index contributed by atoms with van der Waals surface area (Å²) < 4.78 is 235. The van der Waals surface area contributed by atoms with Gasteiger partial charge in [0.25, 0.3) is 35.4 Å². The number of halogens is 20. The van der Waals surface area contributed by atoms with Gasteiger partial charge in [0.15, 0.2) is 0 Å². The van der Waals surface area contributed by atoms with Crippen molar-refractivity contribution in [2.75, 3.05) is 0 Å². The van der Waals surface area contributed by atoms with Crippen LogP contribution in [0.15, 0.2) is 243 Å². The van der Waals surface area contributed by atoms with Gasteiger partial charge >= 0.3 is 37.1 Å². The van der Waals surface area contributed by atoms with E-state index in [0.29, 0.717) is 55.6 Å². The van der Waals surface area contributed by atoms with Crippen LogP contribution >= 0.6 is 61.2 Å². The zero-order valence-electron chi connectivity index (χ0n) is 68.5. The topological polar surface area (TPSA) is 248 Å². The van der Waals surface area contributed by atoms with Crippen molar-refractivity contribution in [3.63, 3.8) is 0 Å². The van der Waals surface area contributed by atoms with E-state index in [1.54, 1.807) is 28.7 Å². The fraction of sp³-hybridized carbons (Fsp3) is 0.277. The highest BCUT2D eigenvalue weighted by Gasteiger charge is 2.45. The first-order valence-corrected chi connectivity index (χ1v) is 43.9. The number of allylic oxidation sites excluding steroid dienone is 8. The number of nitrogens with two attached hydrogens (primary N) is 1. The average Bonchev–Trinajstić information content (AvgIpc) is 1.68. The molecule has 0 bridgehead atoms. The Labute approximate surface area is 768 Å². The van der Waals surface area contributed by atoms with E-state index in [1.807, 2.05) is 48.5 Å². The Balaban J connectivity index is 0.000000151. The molecular weight excluding hydrogens is 1960 g/mol. The molecule has 2 heterocycles. The van der Waals surface area contributed by atoms with E-state index in [4.69, 9.17) is 16.3 Å². The maximum absolute atomic E-state index is 13.1. The molecule has 0 saturated heterocycles. The lowest BCUT2D eigenvalue weighted by molar-refractivity contribution is -0.138. The van der Waals surface area contributed by atoms with Gasteiger partial charge in [0, 0.05) is 62.0 Å². The van der Waals surface area contributed by atoms with Gasteiger partial charge in [-0.3, -0.25) is 28.8 Å². The third-order valence-corrected chi connectivity index (χ3v) is 26.4. The summed E-state index contributed by atoms with van der Waals surface area (Å²) in [4.78, 5) is 74.3. The Hall–Kier alpha value is -11.7. The fourth-order valence-corrected chi connectivity index (χ4v) is 17.5. The summed E-state index contributed by atoms with van der Waals surface area (Å²) in [7, 11) is 0. The van der Waals surface area contributed by atoms with Gasteiger partial charge in [0.05, 0.1) is 78.9 Å². The van der Waals surface area contributed by atoms with Gasteiger partial charge in [0.2, 0.25) is 0 Å². The molecule has 131 heavy (non-hydrogen) atoms. The van der Waals surface area contributed by atoms with Crippen LogP contribution < -0.4 is 37.6 Å². The number of carbonyl (C=O) groups is 6. The molecule has 0 radical (unpaired) electrons. The van der Waals surface area contributed by atoms with Crippen LogP contribution in [0.2, 0.25) is 0 Å². The maximum Gasteiger partial charge on any atom is 0.417 e. The molecule has 8 N–H and O–H groups in total. The number of benzene rings is 8. The SMILES string of the molecule is N#CC1(N)CCC1.N#CC1(NC(=O)c2ccccc2C(F)(F)F)CCC1.O=C(NC1=C(Br)CC1)c1ccccc1C(F)(F)F.O=C(NC1=C(I)CC1)c1ccccc1C(F)(F)F.O=C(NC1=C(c2cc3ccccc3s2)CC1)c1ccccc1C(F)(F)F.O=C(NC1=CCC1)c1ccccc1C(F)(F)F.O=C(N[C@H]1CC[C@H]1c1cc2ccccc2s1)c1ccccc1C(F)(F)F. The predicted molar refractivity (Wildman–Crippen MR) is 470 cm³/mol. The number of hydrogen-bond donors (Lipinski definition) is 7. The summed E-state index contributed by atoms with van der Waals surface area (Å²) in [5.41, 5.74) is 0.0972. The highest BCUT2D eigenvalue weighted by atomic mass is 127. The Morgan fingerprint density at radius 2 is 0.763 bits per heavy atom. The molecule has 10 aromatic rings. The minimum atomic E-state index is -4.59. The minimum Gasteiger partial charge on any atom is -0.349 e. The van der Waals surface area contributed by atoms with E-state index in [1.165, 1.54) is 113 Å². The van der Waals surface area contributed by atoms with Gasteiger partial charge < -0.3 is 37.6 Å². The average molecular weight is 2040 g/mol. The van der Waals surface area contributed by atoms with Crippen LogP contribution in [0.3, 0.4) is 0 Å². The van der Waals surface area contributed by atoms with Crippen molar-refractivity contribution < 1.29 is 108 Å². The largest absolute Gasteiger partial charge is 0.417 e. The Bertz CT molecular complexity index is 5990. The number of thiophene rings is 2. The van der Waals surface area contributed by atoms with Crippen molar-refractivity contribution >= 4 is 122 Å². The zero-order chi connectivity index (χ0) is 95.2. The molecule has 7 aliphatic rings. The normalized spacial score (nSPS) is 16.8. The van der Waals surface area contributed by atoms with E-state index >= 15 is 0 Å². The number of nitriles is 2. The van der Waals surface area contributed by atoms with Crippen LogP contribution in [0, 0.1) is 22.7 Å². The van der Waals surface area contributed by atoms with Crippen LogP contribution in [-0.4, -0.2) is 52.6 Å². The molecule has 6 amide bonds. The summed E-state index contributed by atoms with van der Waals surface area (Å²) in [6.45, 7) is 0. The van der Waals surface area contributed by atoms with Crippen molar-refractivity contribution in [1.82, 2.24) is 31.9 Å². The van der Waals surface area contributed by atoms with E-state index in [2.05, 4.69) is 94.7 Å². The third-order valence-electron chi connectivity index (χ3n) is 21.9. The molecule has 3 fully saturated rings. The molecule has 0 spiro atoms. The lowest BCUT2D eigenvalue weighted by Crippen LogP contribution is -2.52. The third kappa shape index (κ3) is 25.8. The second kappa shape index (κ2) is 42.3. The molecule has 0 unspecified atom stereocenters. The Morgan fingerprint density at radius 3 is 1.05 bits per heavy atom. The molecule has 3 saturated carbocycles. The summed E-state index contributed by atoms with van der Waals surface area (Å²) >= 11 is 8.61. The first kappa shape index (κ1) is 99.9. The molecule has 7 aliphatic carbocycles. The summed E-state index contributed by atoms with van der Waals surface area (Å²) in [6.07, 6.45) is -13.0. The minimum absolute atomic E-state index is 0.128. The van der Waals surface area contributed by atoms with Crippen molar-refractivity contribution in [3.05, 3.63) is 320 Å². The summed E-state index contributed by atoms with van der Waals surface area (Å²) in [5, 5.41) is 34.9. The van der Waals surface area contributed by atoms with Gasteiger partial charge in [-0.05, 0) is 239 Å². The van der Waals surface area contributed by atoms with Crippen molar-refractivity contribution in [3.8, 4) is 12.1 Å². The molecule has 8 aromatic carbocycles. The number of fused-ring (bicyclic) bond motifs is 2. The Morgan fingerprint density at radius 1 is 0.405 bits per heavy atom. The van der Waals surface area contributed by atoms with Gasteiger partial charge in [-0.15, -0.1) is 22.7 Å². The molecule has 2 aromatic heterocycles. The second-order valence-electron chi connectivity index (χ2n) is 30.8. The molecule has 15 nitrogen and oxygen atoms in total.